The minimum atomic E-state index is -3.40. The van der Waals surface area contributed by atoms with Gasteiger partial charge in [0.2, 0.25) is 10.0 Å². The van der Waals surface area contributed by atoms with Gasteiger partial charge in [-0.3, -0.25) is 0 Å². The average molecular weight is 279 g/mol. The zero-order valence-electron chi connectivity index (χ0n) is 9.84. The Kier molecular flexibility index (Phi) is 5.08. The SMILES string of the molecule is COCCS(=O)(=O)NC[C@@](C)(O)c1cccs1. The second-order valence-electron chi connectivity index (χ2n) is 3.88. The Labute approximate surface area is 105 Å². The zero-order chi connectivity index (χ0) is 12.9. The van der Waals surface area contributed by atoms with E-state index in [-0.39, 0.29) is 18.9 Å². The molecular weight excluding hydrogens is 262 g/mol. The van der Waals surface area contributed by atoms with Gasteiger partial charge in [0.15, 0.2) is 0 Å². The molecule has 0 saturated carbocycles. The fourth-order valence-electron chi connectivity index (χ4n) is 1.19. The Balaban J connectivity index is 2.56. The molecule has 7 heteroatoms. The van der Waals surface area contributed by atoms with Crippen LogP contribution in [0.25, 0.3) is 0 Å². The number of thiophene rings is 1. The second kappa shape index (κ2) is 5.92. The molecular formula is C10H17NO4S2. The van der Waals surface area contributed by atoms with E-state index in [0.717, 1.165) is 4.88 Å². The van der Waals surface area contributed by atoms with Gasteiger partial charge in [-0.15, -0.1) is 11.3 Å². The number of hydrogen-bond acceptors (Lipinski definition) is 5. The molecule has 0 saturated heterocycles. The Hall–Kier alpha value is -0.470. The van der Waals surface area contributed by atoms with E-state index in [1.54, 1.807) is 13.0 Å². The summed E-state index contributed by atoms with van der Waals surface area (Å²) in [5.74, 6) is -0.107. The molecule has 0 unspecified atom stereocenters. The van der Waals surface area contributed by atoms with Crippen LogP contribution in [-0.4, -0.2) is 39.5 Å². The van der Waals surface area contributed by atoms with Crippen LogP contribution in [0.3, 0.4) is 0 Å². The molecule has 1 aromatic heterocycles. The summed E-state index contributed by atoms with van der Waals surface area (Å²) in [6.45, 7) is 1.67. The van der Waals surface area contributed by atoms with Crippen molar-refractivity contribution >= 4 is 21.4 Å². The van der Waals surface area contributed by atoms with Crippen molar-refractivity contribution in [2.45, 2.75) is 12.5 Å². The van der Waals surface area contributed by atoms with E-state index >= 15 is 0 Å². The molecule has 0 bridgehead atoms. The maximum absolute atomic E-state index is 11.5. The van der Waals surface area contributed by atoms with Crippen LogP contribution in [0, 0.1) is 0 Å². The Morgan fingerprint density at radius 1 is 1.59 bits per heavy atom. The number of ether oxygens (including phenoxy) is 1. The average Bonchev–Trinajstić information content (AvgIpc) is 2.78. The molecule has 1 aromatic rings. The quantitative estimate of drug-likeness (QED) is 0.763. The highest BCUT2D eigenvalue weighted by Crippen LogP contribution is 2.24. The topological polar surface area (TPSA) is 75.6 Å². The summed E-state index contributed by atoms with van der Waals surface area (Å²) in [6.07, 6.45) is 0. The van der Waals surface area contributed by atoms with E-state index in [0.29, 0.717) is 0 Å². The first-order valence-corrected chi connectivity index (χ1v) is 7.63. The van der Waals surface area contributed by atoms with E-state index in [9.17, 15) is 13.5 Å². The molecule has 0 aliphatic heterocycles. The fourth-order valence-corrected chi connectivity index (χ4v) is 3.01. The summed E-state index contributed by atoms with van der Waals surface area (Å²) in [4.78, 5) is 0.729. The van der Waals surface area contributed by atoms with E-state index in [1.165, 1.54) is 18.4 Å². The van der Waals surface area contributed by atoms with Crippen LogP contribution in [0.1, 0.15) is 11.8 Å². The van der Waals surface area contributed by atoms with E-state index in [1.807, 2.05) is 11.4 Å². The molecule has 5 nitrogen and oxygen atoms in total. The lowest BCUT2D eigenvalue weighted by molar-refractivity contribution is 0.0665. The third-order valence-corrected chi connectivity index (χ3v) is 4.66. The molecule has 0 spiro atoms. The van der Waals surface area contributed by atoms with Gasteiger partial charge in [-0.1, -0.05) is 6.07 Å². The van der Waals surface area contributed by atoms with Gasteiger partial charge in [0.05, 0.1) is 12.4 Å². The Bertz CT molecular complexity index is 425. The van der Waals surface area contributed by atoms with E-state index in [2.05, 4.69) is 4.72 Å². The third kappa shape index (κ3) is 4.72. The van der Waals surface area contributed by atoms with Crippen molar-refractivity contribution in [3.8, 4) is 0 Å². The maximum atomic E-state index is 11.5. The molecule has 1 heterocycles. The van der Waals surface area contributed by atoms with Crippen LogP contribution in [0.5, 0.6) is 0 Å². The van der Waals surface area contributed by atoms with Gasteiger partial charge in [-0.25, -0.2) is 13.1 Å². The van der Waals surface area contributed by atoms with Crippen LogP contribution in [0.2, 0.25) is 0 Å². The van der Waals surface area contributed by atoms with Crippen molar-refractivity contribution in [2.24, 2.45) is 0 Å². The van der Waals surface area contributed by atoms with Crippen molar-refractivity contribution < 1.29 is 18.3 Å². The largest absolute Gasteiger partial charge is 0.384 e. The van der Waals surface area contributed by atoms with Crippen LogP contribution in [0.4, 0.5) is 0 Å². The maximum Gasteiger partial charge on any atom is 0.213 e. The Morgan fingerprint density at radius 3 is 2.82 bits per heavy atom. The minimum absolute atomic E-state index is 0.0421. The predicted molar refractivity (Wildman–Crippen MR) is 67.6 cm³/mol. The highest BCUT2D eigenvalue weighted by atomic mass is 32.2. The van der Waals surface area contributed by atoms with Crippen molar-refractivity contribution in [3.05, 3.63) is 22.4 Å². The highest BCUT2D eigenvalue weighted by molar-refractivity contribution is 7.89. The molecule has 17 heavy (non-hydrogen) atoms. The number of rotatable bonds is 7. The van der Waals surface area contributed by atoms with Gasteiger partial charge in [-0.2, -0.15) is 0 Å². The molecule has 1 rings (SSSR count). The first-order valence-electron chi connectivity index (χ1n) is 5.10. The number of sulfonamides is 1. The first-order chi connectivity index (χ1) is 7.87. The minimum Gasteiger partial charge on any atom is -0.384 e. The van der Waals surface area contributed by atoms with Crippen LogP contribution in [-0.2, 0) is 20.4 Å². The fraction of sp³-hybridized carbons (Fsp3) is 0.600. The summed E-state index contributed by atoms with van der Waals surface area (Å²) < 4.78 is 30.1. The summed E-state index contributed by atoms with van der Waals surface area (Å²) in [6, 6.07) is 3.59. The zero-order valence-corrected chi connectivity index (χ0v) is 11.5. The monoisotopic (exact) mass is 279 g/mol. The number of hydrogen-bond donors (Lipinski definition) is 2. The highest BCUT2D eigenvalue weighted by Gasteiger charge is 2.26. The van der Waals surface area contributed by atoms with Crippen molar-refractivity contribution in [2.75, 3.05) is 26.0 Å². The Morgan fingerprint density at radius 2 is 2.29 bits per heavy atom. The lowest BCUT2D eigenvalue weighted by atomic mass is 10.1. The normalized spacial score (nSPS) is 15.7. The van der Waals surface area contributed by atoms with Gasteiger partial charge < -0.3 is 9.84 Å². The van der Waals surface area contributed by atoms with Crippen LogP contribution in [0.15, 0.2) is 17.5 Å². The third-order valence-electron chi connectivity index (χ3n) is 2.24. The van der Waals surface area contributed by atoms with E-state index in [4.69, 9.17) is 4.74 Å². The summed E-state index contributed by atoms with van der Waals surface area (Å²) in [5.41, 5.74) is -1.19. The number of aliphatic hydroxyl groups is 1. The van der Waals surface area contributed by atoms with Gasteiger partial charge in [0, 0.05) is 18.5 Å². The summed E-state index contributed by atoms with van der Waals surface area (Å²) in [7, 11) is -1.96. The molecule has 0 fully saturated rings. The van der Waals surface area contributed by atoms with Gasteiger partial charge in [0.1, 0.15) is 5.60 Å². The molecule has 98 valence electrons. The van der Waals surface area contributed by atoms with Crippen molar-refractivity contribution in [1.29, 1.82) is 0 Å². The first kappa shape index (κ1) is 14.6. The number of methoxy groups -OCH3 is 1. The van der Waals surface area contributed by atoms with Gasteiger partial charge in [-0.05, 0) is 18.4 Å². The molecule has 0 aromatic carbocycles. The van der Waals surface area contributed by atoms with Crippen LogP contribution < -0.4 is 4.72 Å². The molecule has 0 radical (unpaired) electrons. The van der Waals surface area contributed by atoms with E-state index < -0.39 is 15.6 Å². The number of nitrogens with one attached hydrogen (secondary N) is 1. The van der Waals surface area contributed by atoms with Crippen LogP contribution >= 0.6 is 11.3 Å². The lowest BCUT2D eigenvalue weighted by Crippen LogP contribution is -2.39. The predicted octanol–water partition coefficient (Wildman–Crippen LogP) is 0.521. The molecule has 0 aliphatic carbocycles. The van der Waals surface area contributed by atoms with Crippen molar-refractivity contribution in [3.63, 3.8) is 0 Å². The second-order valence-corrected chi connectivity index (χ2v) is 6.76. The lowest BCUT2D eigenvalue weighted by Gasteiger charge is -2.22. The summed E-state index contributed by atoms with van der Waals surface area (Å²) >= 11 is 1.39. The molecule has 0 amide bonds. The summed E-state index contributed by atoms with van der Waals surface area (Å²) in [5, 5.41) is 12.0. The molecule has 2 N–H and O–H groups in total. The van der Waals surface area contributed by atoms with Gasteiger partial charge in [0.25, 0.3) is 0 Å². The van der Waals surface area contributed by atoms with Gasteiger partial charge >= 0.3 is 0 Å². The molecule has 0 aliphatic rings. The van der Waals surface area contributed by atoms with Crippen molar-refractivity contribution in [1.82, 2.24) is 4.72 Å². The smallest absolute Gasteiger partial charge is 0.213 e. The molecule has 1 atom stereocenters. The standard InChI is InChI=1S/C10H17NO4S2/c1-10(12,9-4-3-6-16-9)8-11-17(13,14)7-5-15-2/h3-4,6,11-12H,5,7-8H2,1-2H3/t10-/m1/s1.